The largest absolute Gasteiger partial charge is 0.494 e. The second-order valence-corrected chi connectivity index (χ2v) is 8.22. The molecule has 11 nitrogen and oxygen atoms in total. The minimum atomic E-state index is -0.478. The van der Waals surface area contributed by atoms with E-state index in [9.17, 15) is 14.9 Å². The highest BCUT2D eigenvalue weighted by atomic mass is 16.6. The van der Waals surface area contributed by atoms with Crippen molar-refractivity contribution >= 4 is 40.6 Å². The molecule has 0 fully saturated rings. The molecule has 11 heteroatoms. The molecule has 0 N–H and O–H groups in total. The number of hydrogen-bond donors (Lipinski definition) is 0. The maximum Gasteiger partial charge on any atom is 0.296 e. The molecule has 0 heterocycles. The number of anilines is 1. The van der Waals surface area contributed by atoms with E-state index in [1.165, 1.54) is 13.2 Å². The van der Waals surface area contributed by atoms with Crippen molar-refractivity contribution < 1.29 is 19.2 Å². The monoisotopic (exact) mass is 504 g/mol. The number of azo groups is 2. The fraction of sp³-hybridized carbons (Fsp3) is 0.269. The maximum atomic E-state index is 11.3. The molecule has 0 aliphatic rings. The Morgan fingerprint density at radius 3 is 2.32 bits per heavy atom. The van der Waals surface area contributed by atoms with E-state index in [2.05, 4.69) is 25.4 Å². The predicted molar refractivity (Wildman–Crippen MR) is 140 cm³/mol. The van der Waals surface area contributed by atoms with Gasteiger partial charge < -0.3 is 14.4 Å². The van der Waals surface area contributed by atoms with E-state index >= 15 is 0 Å². The highest BCUT2D eigenvalue weighted by Gasteiger charge is 2.14. The van der Waals surface area contributed by atoms with Gasteiger partial charge in [0.25, 0.3) is 12.2 Å². The fourth-order valence-corrected chi connectivity index (χ4v) is 3.43. The Morgan fingerprint density at radius 2 is 1.65 bits per heavy atom. The Hall–Kier alpha value is -4.67. The van der Waals surface area contributed by atoms with Crippen LogP contribution in [-0.2, 0) is 9.53 Å². The summed E-state index contributed by atoms with van der Waals surface area (Å²) in [7, 11) is 3.47. The van der Waals surface area contributed by atoms with E-state index in [4.69, 9.17) is 9.47 Å². The van der Waals surface area contributed by atoms with Gasteiger partial charge in [0.1, 0.15) is 11.4 Å². The van der Waals surface area contributed by atoms with Crippen LogP contribution in [0.3, 0.4) is 0 Å². The fourth-order valence-electron chi connectivity index (χ4n) is 3.43. The first kappa shape index (κ1) is 26.9. The Bertz CT molecular complexity index is 1310. The van der Waals surface area contributed by atoms with Crippen LogP contribution in [0.2, 0.25) is 0 Å². The van der Waals surface area contributed by atoms with Crippen LogP contribution in [0.4, 0.5) is 34.1 Å². The summed E-state index contributed by atoms with van der Waals surface area (Å²) in [5.74, 6) is 0.440. The number of carbonyl (C=O) groups is 1. The summed E-state index contributed by atoms with van der Waals surface area (Å²) in [4.78, 5) is 23.2. The van der Waals surface area contributed by atoms with Gasteiger partial charge in [0.05, 0.1) is 30.0 Å². The lowest BCUT2D eigenvalue weighted by atomic mass is 10.1. The highest BCUT2D eigenvalue weighted by Crippen LogP contribution is 2.37. The molecule has 0 unspecified atom stereocenters. The number of carbonyl (C=O) groups excluding carboxylic acids is 1. The quantitative estimate of drug-likeness (QED) is 0.0853. The third-order valence-electron chi connectivity index (χ3n) is 5.48. The molecule has 192 valence electrons. The van der Waals surface area contributed by atoms with Crippen LogP contribution in [0.1, 0.15) is 17.5 Å². The van der Waals surface area contributed by atoms with Crippen molar-refractivity contribution in [2.75, 3.05) is 32.2 Å². The van der Waals surface area contributed by atoms with Gasteiger partial charge in [-0.15, -0.1) is 15.3 Å². The first-order valence-corrected chi connectivity index (χ1v) is 11.5. The molecule has 3 aromatic rings. The summed E-state index contributed by atoms with van der Waals surface area (Å²) in [6.07, 6.45) is 0.729. The van der Waals surface area contributed by atoms with Crippen molar-refractivity contribution in [1.29, 1.82) is 0 Å². The van der Waals surface area contributed by atoms with Crippen molar-refractivity contribution in [3.63, 3.8) is 0 Å². The van der Waals surface area contributed by atoms with Crippen LogP contribution in [0.15, 0.2) is 75.1 Å². The topological polar surface area (TPSA) is 131 Å². The SMILES string of the molecule is COc1cc(/N=N/c2ccc(C)cc2[N+](=O)[O-])c(C)cc1/N=N/c1ccc(N(C)CCCOC=O)cc1. The van der Waals surface area contributed by atoms with E-state index in [0.717, 1.165) is 29.8 Å². The van der Waals surface area contributed by atoms with E-state index < -0.39 is 4.92 Å². The summed E-state index contributed by atoms with van der Waals surface area (Å²) in [6, 6.07) is 15.8. The van der Waals surface area contributed by atoms with E-state index in [-0.39, 0.29) is 11.4 Å². The van der Waals surface area contributed by atoms with E-state index in [1.807, 2.05) is 38.2 Å². The normalized spacial score (nSPS) is 11.1. The molecule has 0 radical (unpaired) electrons. The van der Waals surface area contributed by atoms with Gasteiger partial charge in [0, 0.05) is 31.4 Å². The molecule has 0 bridgehead atoms. The van der Waals surface area contributed by atoms with Crippen LogP contribution in [0, 0.1) is 24.0 Å². The smallest absolute Gasteiger partial charge is 0.296 e. The molecule has 3 aromatic carbocycles. The van der Waals surface area contributed by atoms with Crippen LogP contribution in [-0.4, -0.2) is 38.7 Å². The predicted octanol–water partition coefficient (Wildman–Crippen LogP) is 7.05. The van der Waals surface area contributed by atoms with Crippen molar-refractivity contribution in [2.45, 2.75) is 20.3 Å². The molecule has 0 saturated carbocycles. The summed E-state index contributed by atoms with van der Waals surface area (Å²) in [5.41, 5.74) is 4.25. The van der Waals surface area contributed by atoms with Gasteiger partial charge in [-0.05, 0) is 67.8 Å². The third kappa shape index (κ3) is 7.40. The molecule has 3 rings (SSSR count). The molecule has 0 atom stereocenters. The minimum absolute atomic E-state index is 0.108. The molecular formula is C26H28N6O5. The summed E-state index contributed by atoms with van der Waals surface area (Å²) in [5, 5.41) is 28.3. The minimum Gasteiger partial charge on any atom is -0.494 e. The zero-order valence-electron chi connectivity index (χ0n) is 21.1. The molecule has 0 aliphatic carbocycles. The lowest BCUT2D eigenvalue weighted by Crippen LogP contribution is -2.19. The van der Waals surface area contributed by atoms with Gasteiger partial charge in [-0.1, -0.05) is 6.07 Å². The van der Waals surface area contributed by atoms with Gasteiger partial charge in [-0.2, -0.15) is 5.11 Å². The number of aryl methyl sites for hydroxylation is 2. The van der Waals surface area contributed by atoms with Crippen LogP contribution in [0.25, 0.3) is 0 Å². The van der Waals surface area contributed by atoms with Crippen molar-refractivity contribution in [3.8, 4) is 5.75 Å². The Labute approximate surface area is 214 Å². The van der Waals surface area contributed by atoms with Crippen LogP contribution in [0.5, 0.6) is 5.75 Å². The Balaban J connectivity index is 1.75. The number of hydrogen-bond acceptors (Lipinski definition) is 10. The Morgan fingerprint density at radius 1 is 0.946 bits per heavy atom. The lowest BCUT2D eigenvalue weighted by molar-refractivity contribution is -0.384. The number of ether oxygens (including phenoxy) is 2. The molecule has 0 aromatic heterocycles. The van der Waals surface area contributed by atoms with Gasteiger partial charge in [0.2, 0.25) is 0 Å². The molecule has 0 saturated heterocycles. The number of rotatable bonds is 12. The highest BCUT2D eigenvalue weighted by molar-refractivity contribution is 5.64. The second kappa shape index (κ2) is 12.9. The van der Waals surface area contributed by atoms with Crippen molar-refractivity contribution in [1.82, 2.24) is 0 Å². The zero-order chi connectivity index (χ0) is 26.8. The zero-order valence-corrected chi connectivity index (χ0v) is 21.1. The molecule has 0 spiro atoms. The van der Waals surface area contributed by atoms with Gasteiger partial charge in [-0.3, -0.25) is 14.9 Å². The maximum absolute atomic E-state index is 11.3. The third-order valence-corrected chi connectivity index (χ3v) is 5.48. The number of nitro groups is 1. The Kier molecular flexibility index (Phi) is 9.36. The molecule has 37 heavy (non-hydrogen) atoms. The first-order valence-electron chi connectivity index (χ1n) is 11.5. The van der Waals surface area contributed by atoms with Crippen molar-refractivity contribution in [2.24, 2.45) is 20.5 Å². The average molecular weight is 505 g/mol. The molecule has 0 aliphatic heterocycles. The lowest BCUT2D eigenvalue weighted by Gasteiger charge is -2.18. The first-order chi connectivity index (χ1) is 17.8. The van der Waals surface area contributed by atoms with Gasteiger partial charge >= 0.3 is 0 Å². The number of methoxy groups -OCH3 is 1. The van der Waals surface area contributed by atoms with E-state index in [1.54, 1.807) is 31.2 Å². The second-order valence-electron chi connectivity index (χ2n) is 8.22. The average Bonchev–Trinajstić information content (AvgIpc) is 2.90. The van der Waals surface area contributed by atoms with Gasteiger partial charge in [0.15, 0.2) is 5.69 Å². The molecule has 0 amide bonds. The molecular weight excluding hydrogens is 476 g/mol. The number of nitrogens with zero attached hydrogens (tertiary/aromatic N) is 6. The van der Waals surface area contributed by atoms with Gasteiger partial charge in [-0.25, -0.2) is 0 Å². The summed E-state index contributed by atoms with van der Waals surface area (Å²) in [6.45, 7) is 5.19. The number of nitro benzene ring substituents is 1. The van der Waals surface area contributed by atoms with Crippen LogP contribution >= 0.6 is 0 Å². The summed E-state index contributed by atoms with van der Waals surface area (Å²) < 4.78 is 10.2. The standard InChI is InChI=1S/C26H28N6O5/c1-18-6-11-22(25(14-18)32(34)35)28-29-23-16-26(36-4)24(15-19(23)2)30-27-20-7-9-21(10-8-20)31(3)12-5-13-37-17-33/h6-11,14-17H,5,12-13H2,1-4H3/b29-28+,30-27+. The van der Waals surface area contributed by atoms with Crippen molar-refractivity contribution in [3.05, 3.63) is 75.8 Å². The summed E-state index contributed by atoms with van der Waals surface area (Å²) >= 11 is 0. The number of benzene rings is 3. The van der Waals surface area contributed by atoms with Crippen LogP contribution < -0.4 is 9.64 Å². The van der Waals surface area contributed by atoms with E-state index in [0.29, 0.717) is 35.9 Å².